The van der Waals surface area contributed by atoms with Crippen LogP contribution in [0.15, 0.2) is 78.9 Å². The topological polar surface area (TPSA) is 83.0 Å². The third-order valence-electron chi connectivity index (χ3n) is 5.95. The van der Waals surface area contributed by atoms with E-state index in [2.05, 4.69) is 24.5 Å². The smallest absolute Gasteiger partial charge is 0.330 e. The summed E-state index contributed by atoms with van der Waals surface area (Å²) in [7, 11) is 0. The number of halogens is 2. The van der Waals surface area contributed by atoms with Crippen molar-refractivity contribution in [1.29, 1.82) is 0 Å². The van der Waals surface area contributed by atoms with Crippen LogP contribution in [0.1, 0.15) is 55.1 Å². The minimum Gasteiger partial charge on any atom is -0.479 e. The molecule has 0 fully saturated rings. The van der Waals surface area contributed by atoms with Gasteiger partial charge < -0.3 is 15.7 Å². The number of carboxylic acid groups (broad SMARTS) is 1. The molecule has 3 aromatic rings. The summed E-state index contributed by atoms with van der Waals surface area (Å²) >= 11 is 0. The first-order chi connectivity index (χ1) is 17.3. The Morgan fingerprint density at radius 1 is 0.889 bits per heavy atom. The summed E-state index contributed by atoms with van der Waals surface area (Å²) in [5.41, 5.74) is 1.56. The third kappa shape index (κ3) is 9.96. The van der Waals surface area contributed by atoms with Crippen LogP contribution in [0.4, 0.5) is 14.5 Å². The second-order valence-corrected chi connectivity index (χ2v) is 8.52. The Kier molecular flexibility index (Phi) is 12.3. The zero-order valence-corrected chi connectivity index (χ0v) is 20.8. The largest absolute Gasteiger partial charge is 0.479 e. The van der Waals surface area contributed by atoms with E-state index in [-0.39, 0.29) is 5.78 Å². The Bertz CT molecular complexity index is 1070. The van der Waals surface area contributed by atoms with Gasteiger partial charge in [0, 0.05) is 11.3 Å². The number of Topliss-reactive ketones (excluding diaryl/α,β-unsaturated/α-hetero) is 1. The monoisotopic (exact) mass is 497 g/mol. The number of quaternary nitrogens is 1. The molecule has 0 amide bonds. The molecule has 3 rings (SSSR count). The van der Waals surface area contributed by atoms with E-state index < -0.39 is 23.6 Å². The third-order valence-corrected chi connectivity index (χ3v) is 5.95. The molecule has 0 saturated heterocycles. The first-order valence-corrected chi connectivity index (χ1v) is 12.2. The zero-order valence-electron chi connectivity index (χ0n) is 20.8. The lowest BCUT2D eigenvalue weighted by Crippen LogP contribution is -2.86. The summed E-state index contributed by atoms with van der Waals surface area (Å²) in [5, 5.41) is 14.0. The summed E-state index contributed by atoms with van der Waals surface area (Å²) in [5.74, 6) is -0.990. The number of nitrogens with one attached hydrogen (secondary N) is 1. The molecule has 7 heteroatoms. The van der Waals surface area contributed by atoms with Crippen LogP contribution in [-0.2, 0) is 4.79 Å². The van der Waals surface area contributed by atoms with E-state index in [0.29, 0.717) is 17.8 Å². The molecule has 192 valence electrons. The molecule has 36 heavy (non-hydrogen) atoms. The SMILES string of the molecule is CCC(CC)CC[NH2+]CC(=O)c1ccccc1.O=C(O)C(Nc1cccc(F)c1)c1ccc(F)cc1. The first kappa shape index (κ1) is 28.7. The molecule has 0 heterocycles. The van der Waals surface area contributed by atoms with E-state index in [1.165, 1.54) is 61.7 Å². The Morgan fingerprint density at radius 3 is 2.14 bits per heavy atom. The number of carboxylic acids is 1. The van der Waals surface area contributed by atoms with Gasteiger partial charge in [-0.2, -0.15) is 0 Å². The molecule has 3 aromatic carbocycles. The highest BCUT2D eigenvalue weighted by Crippen LogP contribution is 2.21. The number of aliphatic carboxylic acids is 1. The molecule has 0 saturated carbocycles. The maximum absolute atomic E-state index is 13.0. The van der Waals surface area contributed by atoms with Crippen molar-refractivity contribution in [1.82, 2.24) is 0 Å². The zero-order chi connectivity index (χ0) is 26.3. The van der Waals surface area contributed by atoms with Crippen molar-refractivity contribution in [2.24, 2.45) is 5.92 Å². The van der Waals surface area contributed by atoms with Crippen LogP contribution in [-0.4, -0.2) is 29.9 Å². The van der Waals surface area contributed by atoms with Crippen molar-refractivity contribution in [2.75, 3.05) is 18.4 Å². The lowest BCUT2D eigenvalue weighted by Gasteiger charge is -2.16. The van der Waals surface area contributed by atoms with Crippen molar-refractivity contribution in [3.63, 3.8) is 0 Å². The minimum absolute atomic E-state index is 0.232. The number of ketones is 1. The molecule has 0 aliphatic rings. The number of benzene rings is 3. The molecule has 0 radical (unpaired) electrons. The molecule has 0 aliphatic carbocycles. The van der Waals surface area contributed by atoms with E-state index in [1.54, 1.807) is 6.07 Å². The Labute approximate surface area is 211 Å². The van der Waals surface area contributed by atoms with E-state index in [0.717, 1.165) is 18.0 Å². The molecule has 0 bridgehead atoms. The van der Waals surface area contributed by atoms with Gasteiger partial charge >= 0.3 is 5.97 Å². The van der Waals surface area contributed by atoms with E-state index >= 15 is 0 Å². The van der Waals surface area contributed by atoms with Crippen LogP contribution in [0, 0.1) is 17.6 Å². The van der Waals surface area contributed by atoms with Crippen molar-refractivity contribution >= 4 is 17.4 Å². The van der Waals surface area contributed by atoms with E-state index in [9.17, 15) is 23.5 Å². The van der Waals surface area contributed by atoms with Crippen LogP contribution in [0.5, 0.6) is 0 Å². The van der Waals surface area contributed by atoms with Gasteiger partial charge in [0.2, 0.25) is 5.78 Å². The maximum atomic E-state index is 13.0. The molecule has 0 aromatic heterocycles. The van der Waals surface area contributed by atoms with Crippen molar-refractivity contribution in [2.45, 2.75) is 39.2 Å². The fourth-order valence-electron chi connectivity index (χ4n) is 3.71. The van der Waals surface area contributed by atoms with Gasteiger partial charge in [0.1, 0.15) is 18.2 Å². The predicted molar refractivity (Wildman–Crippen MR) is 138 cm³/mol. The van der Waals surface area contributed by atoms with Gasteiger partial charge in [0.05, 0.1) is 6.54 Å². The predicted octanol–water partition coefficient (Wildman–Crippen LogP) is 5.46. The van der Waals surface area contributed by atoms with Crippen LogP contribution in [0.2, 0.25) is 0 Å². The van der Waals surface area contributed by atoms with Gasteiger partial charge in [0.25, 0.3) is 0 Å². The highest BCUT2D eigenvalue weighted by molar-refractivity contribution is 5.96. The van der Waals surface area contributed by atoms with Gasteiger partial charge in [-0.3, -0.25) is 4.79 Å². The number of carbonyl (C=O) groups excluding carboxylic acids is 1. The fraction of sp³-hybridized carbons (Fsp3) is 0.310. The molecule has 1 atom stereocenters. The van der Waals surface area contributed by atoms with E-state index in [4.69, 9.17) is 0 Å². The van der Waals surface area contributed by atoms with Gasteiger partial charge in [-0.1, -0.05) is 75.2 Å². The Hall–Kier alpha value is -3.58. The number of hydrogen-bond acceptors (Lipinski definition) is 3. The summed E-state index contributed by atoms with van der Waals surface area (Å²) in [6.07, 6.45) is 3.71. The summed E-state index contributed by atoms with van der Waals surface area (Å²) < 4.78 is 25.9. The van der Waals surface area contributed by atoms with Gasteiger partial charge in [0.15, 0.2) is 6.04 Å². The van der Waals surface area contributed by atoms with Crippen molar-refractivity contribution in [3.8, 4) is 0 Å². The van der Waals surface area contributed by atoms with Crippen LogP contribution in [0.25, 0.3) is 0 Å². The highest BCUT2D eigenvalue weighted by atomic mass is 19.1. The number of rotatable bonds is 12. The van der Waals surface area contributed by atoms with Gasteiger partial charge in [-0.05, 0) is 48.2 Å². The first-order valence-electron chi connectivity index (χ1n) is 12.2. The molecule has 4 N–H and O–H groups in total. The summed E-state index contributed by atoms with van der Waals surface area (Å²) in [6.45, 7) is 6.11. The number of anilines is 1. The molecule has 1 unspecified atom stereocenters. The molecular formula is C29H35F2N2O3+. The van der Waals surface area contributed by atoms with Gasteiger partial charge in [-0.25, -0.2) is 13.6 Å². The quantitative estimate of drug-likeness (QED) is 0.229. The number of nitrogens with two attached hydrogens (primary N) is 1. The summed E-state index contributed by atoms with van der Waals surface area (Å²) in [4.78, 5) is 23.0. The number of hydrogen-bond donors (Lipinski definition) is 3. The Balaban J connectivity index is 0.000000255. The minimum atomic E-state index is -1.13. The number of carbonyl (C=O) groups is 2. The molecular weight excluding hydrogens is 462 g/mol. The summed E-state index contributed by atoms with van der Waals surface area (Å²) in [6, 6.07) is 19.1. The average Bonchev–Trinajstić information content (AvgIpc) is 2.89. The standard InChI is InChI=1S/C15H23NO.C14H11F2NO2/c1-3-13(4-2)10-11-16-12-15(17)14-8-6-5-7-9-14;15-10-6-4-9(5-7-10)13(14(18)19)17-12-3-1-2-11(16)8-12/h5-9,13,16H,3-4,10-12H2,1-2H3;1-8,13,17H,(H,18,19)/p+1. The second-order valence-electron chi connectivity index (χ2n) is 8.52. The van der Waals surface area contributed by atoms with E-state index in [1.807, 2.05) is 30.3 Å². The van der Waals surface area contributed by atoms with Crippen molar-refractivity contribution < 1.29 is 28.8 Å². The molecule has 0 spiro atoms. The van der Waals surface area contributed by atoms with Crippen LogP contribution >= 0.6 is 0 Å². The average molecular weight is 498 g/mol. The lowest BCUT2D eigenvalue weighted by molar-refractivity contribution is -0.643. The van der Waals surface area contributed by atoms with Crippen LogP contribution < -0.4 is 10.6 Å². The van der Waals surface area contributed by atoms with Crippen LogP contribution in [0.3, 0.4) is 0 Å². The molecule has 5 nitrogen and oxygen atoms in total. The van der Waals surface area contributed by atoms with Gasteiger partial charge in [-0.15, -0.1) is 0 Å². The highest BCUT2D eigenvalue weighted by Gasteiger charge is 2.19. The lowest BCUT2D eigenvalue weighted by atomic mass is 10.00. The Morgan fingerprint density at radius 2 is 1.56 bits per heavy atom. The van der Waals surface area contributed by atoms with Crippen molar-refractivity contribution in [3.05, 3.63) is 102 Å². The fourth-order valence-corrected chi connectivity index (χ4v) is 3.71. The normalized spacial score (nSPS) is 11.4. The maximum Gasteiger partial charge on any atom is 0.330 e. The second kappa shape index (κ2) is 15.4. The molecule has 0 aliphatic heterocycles.